The number of carbonyl (C=O) groups is 6. The number of hydrogen-bond donors (Lipinski definition) is 1. The number of rotatable bonds is 10. The van der Waals surface area contributed by atoms with Gasteiger partial charge in [0.15, 0.2) is 8.32 Å². The number of ketones is 1. The molecule has 0 saturated carbocycles. The molecule has 2 aliphatic heterocycles. The minimum atomic E-state index is -2.45. The van der Waals surface area contributed by atoms with Gasteiger partial charge in [0.2, 0.25) is 5.91 Å². The molecule has 4 atom stereocenters. The molecule has 0 radical (unpaired) electrons. The molecular weight excluding hydrogens is 542 g/mol. The summed E-state index contributed by atoms with van der Waals surface area (Å²) in [6.45, 7) is 18.2. The van der Waals surface area contributed by atoms with Gasteiger partial charge in [0.25, 0.3) is 0 Å². The van der Waals surface area contributed by atoms with E-state index in [4.69, 9.17) is 19.0 Å². The van der Waals surface area contributed by atoms with Crippen LogP contribution in [0.5, 0.6) is 0 Å². The highest BCUT2D eigenvalue weighted by Crippen LogP contribution is 2.40. The number of hydrazine groups is 1. The highest BCUT2D eigenvalue weighted by atomic mass is 28.4. The van der Waals surface area contributed by atoms with Gasteiger partial charge in [0.05, 0.1) is 30.7 Å². The molecule has 0 aromatic carbocycles. The van der Waals surface area contributed by atoms with Crippen LogP contribution in [-0.4, -0.2) is 102 Å². The second-order valence-corrected chi connectivity index (χ2v) is 16.0. The maximum atomic E-state index is 13.7. The average Bonchev–Trinajstić information content (AvgIpc) is 3.25. The Morgan fingerprint density at radius 1 is 1.07 bits per heavy atom. The van der Waals surface area contributed by atoms with E-state index in [2.05, 4.69) is 13.2 Å². The summed E-state index contributed by atoms with van der Waals surface area (Å²) in [7, 11) is -2.45. The number of likely N-dealkylation sites (tertiary alicyclic amines) is 1. The molecule has 2 saturated heterocycles. The zero-order valence-electron chi connectivity index (χ0n) is 23.9. The van der Waals surface area contributed by atoms with Crippen LogP contribution in [0.2, 0.25) is 18.1 Å². The van der Waals surface area contributed by atoms with E-state index in [0.29, 0.717) is 4.90 Å². The third-order valence-electron chi connectivity index (χ3n) is 7.44. The van der Waals surface area contributed by atoms with E-state index in [9.17, 15) is 28.8 Å². The first kappa shape index (κ1) is 32.7. The van der Waals surface area contributed by atoms with Gasteiger partial charge >= 0.3 is 24.1 Å². The topological polar surface area (TPSA) is 160 Å². The third kappa shape index (κ3) is 6.97. The first-order valence-electron chi connectivity index (χ1n) is 12.9. The largest absolute Gasteiger partial charge is 0.474 e. The standard InChI is InChI=1S/C26H39N3O10Si/c1-9-11-37-24(35)27-15-18(19(30)13-17-14-20(31)28(17)22(32)23(33)34)21(29(27)25(36)38-12-10-2)16(3)39-40(7,8)26(4,5)6/h9-10,16-18,21H,1-2,11-15H2,3-8H3,(H,33,34)/t16-,17-,18?,21-/m1/s1. The number of carbonyl (C=O) groups excluding carboxylic acids is 5. The van der Waals surface area contributed by atoms with Crippen LogP contribution >= 0.6 is 0 Å². The Kier molecular flexibility index (Phi) is 10.4. The molecular formula is C26H39N3O10Si. The van der Waals surface area contributed by atoms with Crippen LogP contribution in [-0.2, 0) is 33.1 Å². The van der Waals surface area contributed by atoms with Crippen molar-refractivity contribution in [2.24, 2.45) is 5.92 Å². The van der Waals surface area contributed by atoms with E-state index < -0.39 is 68.2 Å². The van der Waals surface area contributed by atoms with Gasteiger partial charge in [-0.2, -0.15) is 0 Å². The summed E-state index contributed by atoms with van der Waals surface area (Å²) in [6, 6.07) is -1.97. The van der Waals surface area contributed by atoms with Gasteiger partial charge in [-0.05, 0) is 25.1 Å². The molecule has 2 rings (SSSR count). The second-order valence-electron chi connectivity index (χ2n) is 11.2. The lowest BCUT2D eigenvalue weighted by Crippen LogP contribution is -2.59. The second kappa shape index (κ2) is 12.8. The Bertz CT molecular complexity index is 1070. The highest BCUT2D eigenvalue weighted by Gasteiger charge is 2.55. The summed E-state index contributed by atoms with van der Waals surface area (Å²) in [5.41, 5.74) is 0. The van der Waals surface area contributed by atoms with E-state index in [1.165, 1.54) is 12.2 Å². The summed E-state index contributed by atoms with van der Waals surface area (Å²) < 4.78 is 17.0. The number of Topliss-reactive ketones (excluding diaryl/α,β-unsaturated/α-hetero) is 1. The van der Waals surface area contributed by atoms with Crippen LogP contribution in [0, 0.1) is 5.92 Å². The van der Waals surface area contributed by atoms with Crippen LogP contribution in [0.25, 0.3) is 0 Å². The molecule has 1 unspecified atom stereocenters. The molecule has 2 heterocycles. The molecule has 13 nitrogen and oxygen atoms in total. The molecule has 0 bridgehead atoms. The highest BCUT2D eigenvalue weighted by molar-refractivity contribution is 6.74. The number of β-lactam (4-membered cyclic amide) rings is 1. The van der Waals surface area contributed by atoms with Crippen molar-refractivity contribution in [1.82, 2.24) is 14.9 Å². The summed E-state index contributed by atoms with van der Waals surface area (Å²) in [6.07, 6.45) is -0.455. The Labute approximate surface area is 234 Å². The van der Waals surface area contributed by atoms with Crippen molar-refractivity contribution >= 4 is 44.1 Å². The lowest BCUT2D eigenvalue weighted by molar-refractivity contribution is -0.169. The lowest BCUT2D eigenvalue weighted by Gasteiger charge is -2.42. The number of carboxylic acid groups (broad SMARTS) is 1. The number of hydrogen-bond acceptors (Lipinski definition) is 9. The molecule has 0 aromatic rings. The van der Waals surface area contributed by atoms with E-state index in [1.807, 2.05) is 33.9 Å². The van der Waals surface area contributed by atoms with Crippen molar-refractivity contribution in [3.8, 4) is 0 Å². The van der Waals surface area contributed by atoms with Crippen molar-refractivity contribution in [2.75, 3.05) is 19.8 Å². The fraction of sp³-hybridized carbons (Fsp3) is 0.615. The van der Waals surface area contributed by atoms with Gasteiger partial charge in [0.1, 0.15) is 19.0 Å². The zero-order chi connectivity index (χ0) is 30.6. The summed E-state index contributed by atoms with van der Waals surface area (Å²) in [5.74, 6) is -5.45. The predicted molar refractivity (Wildman–Crippen MR) is 144 cm³/mol. The number of carboxylic acids is 1. The summed E-state index contributed by atoms with van der Waals surface area (Å²) in [4.78, 5) is 75.6. The first-order valence-corrected chi connectivity index (χ1v) is 15.8. The molecule has 2 fully saturated rings. The minimum Gasteiger partial charge on any atom is -0.474 e. The molecule has 2 aliphatic rings. The van der Waals surface area contributed by atoms with Crippen LogP contribution in [0.4, 0.5) is 9.59 Å². The Morgan fingerprint density at radius 2 is 1.62 bits per heavy atom. The van der Waals surface area contributed by atoms with Gasteiger partial charge in [-0.25, -0.2) is 24.4 Å². The lowest BCUT2D eigenvalue weighted by atomic mass is 9.86. The summed E-state index contributed by atoms with van der Waals surface area (Å²) in [5, 5.41) is 10.8. The van der Waals surface area contributed by atoms with Gasteiger partial charge in [-0.15, -0.1) is 0 Å². The van der Waals surface area contributed by atoms with Gasteiger partial charge in [-0.1, -0.05) is 46.1 Å². The molecule has 0 spiro atoms. The van der Waals surface area contributed by atoms with Gasteiger partial charge in [0, 0.05) is 12.8 Å². The van der Waals surface area contributed by atoms with Crippen LogP contribution in [0.3, 0.4) is 0 Å². The number of aliphatic carboxylic acids is 1. The number of imide groups is 1. The Hall–Kier alpha value is -3.52. The quantitative estimate of drug-likeness (QED) is 0.176. The minimum absolute atomic E-state index is 0.152. The van der Waals surface area contributed by atoms with E-state index in [-0.39, 0.29) is 37.6 Å². The van der Waals surface area contributed by atoms with Crippen molar-refractivity contribution < 1.29 is 47.8 Å². The number of nitrogens with zero attached hydrogens (tertiary/aromatic N) is 3. The van der Waals surface area contributed by atoms with E-state index >= 15 is 0 Å². The van der Waals surface area contributed by atoms with Crippen LogP contribution < -0.4 is 0 Å². The molecule has 0 aliphatic carbocycles. The monoisotopic (exact) mass is 581 g/mol. The Balaban J connectivity index is 2.49. The van der Waals surface area contributed by atoms with Crippen molar-refractivity contribution in [3.63, 3.8) is 0 Å². The van der Waals surface area contributed by atoms with E-state index in [1.54, 1.807) is 6.92 Å². The molecule has 4 amide bonds. The SMILES string of the molecule is C=CCOC(=O)N1CC(C(=O)C[C@@H]2CC(=O)N2C(=O)C(=O)O)[C@@H]([C@@H](C)O[Si](C)(C)C(C)(C)C)N1C(=O)OCC=C. The maximum absolute atomic E-state index is 13.7. The predicted octanol–water partition coefficient (Wildman–Crippen LogP) is 2.73. The molecule has 0 aromatic heterocycles. The molecule has 1 N–H and O–H groups in total. The zero-order valence-corrected chi connectivity index (χ0v) is 24.9. The maximum Gasteiger partial charge on any atom is 0.429 e. The number of ether oxygens (including phenoxy) is 2. The summed E-state index contributed by atoms with van der Waals surface area (Å²) >= 11 is 0. The number of amides is 4. The van der Waals surface area contributed by atoms with Crippen molar-refractivity contribution in [1.29, 1.82) is 0 Å². The smallest absolute Gasteiger partial charge is 0.429 e. The van der Waals surface area contributed by atoms with Crippen LogP contribution in [0.1, 0.15) is 40.5 Å². The fourth-order valence-electron chi connectivity index (χ4n) is 4.44. The van der Waals surface area contributed by atoms with Crippen molar-refractivity contribution in [2.45, 2.75) is 76.9 Å². The van der Waals surface area contributed by atoms with Crippen molar-refractivity contribution in [3.05, 3.63) is 25.3 Å². The first-order chi connectivity index (χ1) is 18.5. The molecule has 40 heavy (non-hydrogen) atoms. The Morgan fingerprint density at radius 3 is 2.10 bits per heavy atom. The van der Waals surface area contributed by atoms with E-state index in [0.717, 1.165) is 10.0 Å². The van der Waals surface area contributed by atoms with Crippen LogP contribution in [0.15, 0.2) is 25.3 Å². The third-order valence-corrected chi connectivity index (χ3v) is 12.0. The normalized spacial score (nSPS) is 21.8. The molecule has 222 valence electrons. The molecule has 14 heteroatoms. The average molecular weight is 582 g/mol. The van der Waals surface area contributed by atoms with Gasteiger partial charge < -0.3 is 19.0 Å². The fourth-order valence-corrected chi connectivity index (χ4v) is 5.86. The van der Waals surface area contributed by atoms with Gasteiger partial charge in [-0.3, -0.25) is 19.3 Å².